The lowest BCUT2D eigenvalue weighted by Crippen LogP contribution is -2.17. The van der Waals surface area contributed by atoms with Crippen LogP contribution in [0.4, 0.5) is 5.00 Å². The van der Waals surface area contributed by atoms with Crippen molar-refractivity contribution in [1.82, 2.24) is 9.97 Å². The van der Waals surface area contributed by atoms with E-state index < -0.39 is 0 Å². The normalized spacial score (nSPS) is 12.7. The molecular formula is C17H19N3O4S2. The summed E-state index contributed by atoms with van der Waals surface area (Å²) in [5.41, 5.74) is 1.83. The van der Waals surface area contributed by atoms with Gasteiger partial charge in [-0.2, -0.15) is 0 Å². The number of fused-ring (bicyclic) bond motifs is 1. The molecule has 2 aromatic heterocycles. The van der Waals surface area contributed by atoms with Crippen molar-refractivity contribution in [2.75, 3.05) is 17.7 Å². The summed E-state index contributed by atoms with van der Waals surface area (Å²) in [6.45, 7) is 3.77. The van der Waals surface area contributed by atoms with Crippen LogP contribution in [0.25, 0.3) is 0 Å². The highest BCUT2D eigenvalue weighted by Gasteiger charge is 2.28. The van der Waals surface area contributed by atoms with E-state index in [1.807, 2.05) is 0 Å². The number of hydrogen-bond acceptors (Lipinski definition) is 7. The van der Waals surface area contributed by atoms with Crippen LogP contribution < -0.4 is 10.9 Å². The number of aromatic amines is 1. The number of esters is 1. The molecule has 7 nitrogen and oxygen atoms in total. The number of H-pyrrole nitrogens is 1. The lowest BCUT2D eigenvalue weighted by Gasteiger charge is -2.08. The van der Waals surface area contributed by atoms with Crippen molar-refractivity contribution in [2.45, 2.75) is 38.3 Å². The lowest BCUT2D eigenvalue weighted by atomic mass is 10.1. The number of thiophene rings is 1. The Morgan fingerprint density at radius 2 is 2.23 bits per heavy atom. The van der Waals surface area contributed by atoms with Crippen LogP contribution in [0.1, 0.15) is 39.8 Å². The molecule has 2 aromatic rings. The second kappa shape index (κ2) is 8.05. The highest BCUT2D eigenvalue weighted by molar-refractivity contribution is 7.99. The quantitative estimate of drug-likeness (QED) is 0.444. The van der Waals surface area contributed by atoms with Crippen LogP contribution in [-0.4, -0.2) is 34.2 Å². The molecule has 0 unspecified atom stereocenters. The summed E-state index contributed by atoms with van der Waals surface area (Å²) in [7, 11) is 0. The van der Waals surface area contributed by atoms with E-state index in [0.29, 0.717) is 28.0 Å². The molecule has 0 bridgehead atoms. The number of thioether (sulfide) groups is 1. The number of nitrogens with zero attached hydrogens (tertiary/aromatic N) is 1. The van der Waals surface area contributed by atoms with Crippen molar-refractivity contribution in [1.29, 1.82) is 0 Å². The van der Waals surface area contributed by atoms with Gasteiger partial charge in [-0.3, -0.25) is 9.59 Å². The molecule has 2 N–H and O–H groups in total. The van der Waals surface area contributed by atoms with Gasteiger partial charge in [0.15, 0.2) is 5.16 Å². The summed E-state index contributed by atoms with van der Waals surface area (Å²) in [4.78, 5) is 44.0. The minimum Gasteiger partial charge on any atom is -0.462 e. The van der Waals surface area contributed by atoms with E-state index in [-0.39, 0.29) is 23.2 Å². The summed E-state index contributed by atoms with van der Waals surface area (Å²) >= 11 is 2.58. The fourth-order valence-corrected chi connectivity index (χ4v) is 4.84. The van der Waals surface area contributed by atoms with E-state index in [2.05, 4.69) is 15.3 Å². The number of anilines is 1. The van der Waals surface area contributed by atoms with Gasteiger partial charge in [-0.15, -0.1) is 11.3 Å². The van der Waals surface area contributed by atoms with Crippen molar-refractivity contribution in [3.05, 3.63) is 38.1 Å². The van der Waals surface area contributed by atoms with E-state index in [1.165, 1.54) is 17.4 Å². The number of carbonyl (C=O) groups is 2. The Labute approximate surface area is 158 Å². The van der Waals surface area contributed by atoms with Gasteiger partial charge in [-0.25, -0.2) is 9.78 Å². The van der Waals surface area contributed by atoms with E-state index in [0.717, 1.165) is 41.5 Å². The number of aromatic nitrogens is 2. The van der Waals surface area contributed by atoms with Crippen LogP contribution in [0.15, 0.2) is 16.0 Å². The smallest absolute Gasteiger partial charge is 0.341 e. The van der Waals surface area contributed by atoms with Gasteiger partial charge in [-0.05, 0) is 38.7 Å². The van der Waals surface area contributed by atoms with E-state index in [1.54, 1.807) is 13.8 Å². The Morgan fingerprint density at radius 3 is 2.96 bits per heavy atom. The molecule has 0 aromatic carbocycles. The largest absolute Gasteiger partial charge is 0.462 e. The molecule has 0 saturated carbocycles. The third-order valence-corrected chi connectivity index (χ3v) is 5.92. The molecule has 9 heteroatoms. The first-order valence-electron chi connectivity index (χ1n) is 8.30. The van der Waals surface area contributed by atoms with Gasteiger partial charge in [0.05, 0.1) is 17.9 Å². The Bertz CT molecular complexity index is 904. The summed E-state index contributed by atoms with van der Waals surface area (Å²) in [6, 6.07) is 1.39. The molecule has 2 heterocycles. The minimum absolute atomic E-state index is 0.0806. The summed E-state index contributed by atoms with van der Waals surface area (Å²) < 4.78 is 5.15. The number of hydrogen-bond donors (Lipinski definition) is 2. The van der Waals surface area contributed by atoms with Gasteiger partial charge in [0.1, 0.15) is 5.00 Å². The second-order valence-electron chi connectivity index (χ2n) is 5.81. The van der Waals surface area contributed by atoms with Crippen LogP contribution in [0.5, 0.6) is 0 Å². The third-order valence-electron chi connectivity index (χ3n) is 3.84. The van der Waals surface area contributed by atoms with Gasteiger partial charge in [0.2, 0.25) is 5.91 Å². The zero-order valence-electron chi connectivity index (χ0n) is 14.5. The lowest BCUT2D eigenvalue weighted by molar-refractivity contribution is -0.113. The molecule has 0 fully saturated rings. The zero-order valence-corrected chi connectivity index (χ0v) is 16.1. The first-order chi connectivity index (χ1) is 12.5. The molecule has 3 rings (SSSR count). The first-order valence-corrected chi connectivity index (χ1v) is 10.1. The molecule has 0 radical (unpaired) electrons. The minimum atomic E-state index is -0.389. The van der Waals surface area contributed by atoms with Crippen LogP contribution in [0, 0.1) is 6.92 Å². The van der Waals surface area contributed by atoms with Gasteiger partial charge in [0.25, 0.3) is 5.56 Å². The van der Waals surface area contributed by atoms with Crippen molar-refractivity contribution < 1.29 is 14.3 Å². The first kappa shape index (κ1) is 18.7. The predicted octanol–water partition coefficient (Wildman–Crippen LogP) is 2.54. The number of carbonyl (C=O) groups excluding carboxylic acids is 2. The topological polar surface area (TPSA) is 101 Å². The van der Waals surface area contributed by atoms with Crippen LogP contribution >= 0.6 is 23.1 Å². The van der Waals surface area contributed by atoms with E-state index in [4.69, 9.17) is 4.74 Å². The maximum atomic E-state index is 12.3. The molecule has 26 heavy (non-hydrogen) atoms. The average Bonchev–Trinajstić information content (AvgIpc) is 3.12. The van der Waals surface area contributed by atoms with Crippen molar-refractivity contribution in [3.8, 4) is 0 Å². The van der Waals surface area contributed by atoms with Crippen LogP contribution in [0.3, 0.4) is 0 Å². The summed E-state index contributed by atoms with van der Waals surface area (Å²) in [5, 5.41) is 3.76. The molecule has 0 atom stereocenters. The fourth-order valence-electron chi connectivity index (χ4n) is 2.83. The highest BCUT2D eigenvalue weighted by Crippen LogP contribution is 2.39. The Morgan fingerprint density at radius 1 is 1.42 bits per heavy atom. The van der Waals surface area contributed by atoms with E-state index in [9.17, 15) is 14.4 Å². The van der Waals surface area contributed by atoms with Gasteiger partial charge >= 0.3 is 5.97 Å². The SMILES string of the molecule is CCOC(=O)c1c(NC(=O)CSc2nc(C)cc(=O)[nH]2)sc2c1CCC2. The number of aryl methyl sites for hydroxylation is 2. The van der Waals surface area contributed by atoms with Crippen molar-refractivity contribution in [2.24, 2.45) is 0 Å². The third kappa shape index (κ3) is 4.16. The molecule has 138 valence electrons. The molecule has 1 aliphatic carbocycles. The second-order valence-corrected chi connectivity index (χ2v) is 7.88. The van der Waals surface area contributed by atoms with Crippen LogP contribution in [0.2, 0.25) is 0 Å². The van der Waals surface area contributed by atoms with Crippen molar-refractivity contribution >= 4 is 40.0 Å². The van der Waals surface area contributed by atoms with Gasteiger partial charge in [-0.1, -0.05) is 11.8 Å². The number of amides is 1. The molecule has 1 amide bonds. The fraction of sp³-hybridized carbons (Fsp3) is 0.412. The van der Waals surface area contributed by atoms with Crippen molar-refractivity contribution in [3.63, 3.8) is 0 Å². The van der Waals surface area contributed by atoms with E-state index >= 15 is 0 Å². The Hall–Kier alpha value is -2.13. The molecule has 0 spiro atoms. The van der Waals surface area contributed by atoms with Gasteiger partial charge in [0, 0.05) is 16.6 Å². The standard InChI is InChI=1S/C17H19N3O4S2/c1-3-24-16(23)14-10-5-4-6-11(10)26-15(14)19-13(22)8-25-17-18-9(2)7-12(21)20-17/h7H,3-6,8H2,1-2H3,(H,19,22)(H,18,20,21). The van der Waals surface area contributed by atoms with Crippen LogP contribution in [-0.2, 0) is 22.4 Å². The van der Waals surface area contributed by atoms with Gasteiger partial charge < -0.3 is 15.0 Å². The number of nitrogens with one attached hydrogen (secondary N) is 2. The zero-order chi connectivity index (χ0) is 18.7. The molecular weight excluding hydrogens is 374 g/mol. The number of ether oxygens (including phenoxy) is 1. The summed E-state index contributed by atoms with van der Waals surface area (Å²) in [5.74, 6) is -0.568. The highest BCUT2D eigenvalue weighted by atomic mass is 32.2. The molecule has 1 aliphatic rings. The average molecular weight is 393 g/mol. The maximum absolute atomic E-state index is 12.3. The monoisotopic (exact) mass is 393 g/mol. The Kier molecular flexibility index (Phi) is 5.77. The number of rotatable bonds is 6. The Balaban J connectivity index is 1.71. The maximum Gasteiger partial charge on any atom is 0.341 e. The molecule has 0 aliphatic heterocycles. The summed E-state index contributed by atoms with van der Waals surface area (Å²) in [6.07, 6.45) is 2.77. The predicted molar refractivity (Wildman–Crippen MR) is 101 cm³/mol. The molecule has 0 saturated heterocycles.